The van der Waals surface area contributed by atoms with Crippen LogP contribution in [-0.4, -0.2) is 42.7 Å². The molecule has 178 valence electrons. The normalized spacial score (nSPS) is 20.4. The highest BCUT2D eigenvalue weighted by Crippen LogP contribution is 2.36. The minimum atomic E-state index is -0.853. The number of hydrogen-bond donors (Lipinski definition) is 2. The number of hydrogen-bond acceptors (Lipinski definition) is 5. The predicted molar refractivity (Wildman–Crippen MR) is 133 cm³/mol. The van der Waals surface area contributed by atoms with Gasteiger partial charge < -0.3 is 24.5 Å². The lowest BCUT2D eigenvalue weighted by molar-refractivity contribution is -0.0289. The fourth-order valence-corrected chi connectivity index (χ4v) is 5.16. The summed E-state index contributed by atoms with van der Waals surface area (Å²) in [6.45, 7) is 2.91. The maximum absolute atomic E-state index is 12.8. The molecule has 2 heterocycles. The molecule has 0 bridgehead atoms. The summed E-state index contributed by atoms with van der Waals surface area (Å²) in [4.78, 5) is 15.3. The second kappa shape index (κ2) is 9.65. The number of aliphatic hydroxyl groups is 1. The molecule has 1 saturated heterocycles. The van der Waals surface area contributed by atoms with E-state index in [1.54, 1.807) is 25.3 Å². The van der Waals surface area contributed by atoms with Gasteiger partial charge in [-0.15, -0.1) is 0 Å². The molecular weight excluding hydrogens is 428 g/mol. The number of furan rings is 1. The Hall–Kier alpha value is -3.09. The molecule has 0 radical (unpaired) electrons. The average Bonchev–Trinajstić information content (AvgIpc) is 3.30. The monoisotopic (exact) mass is 460 g/mol. The predicted octanol–water partition coefficient (Wildman–Crippen LogP) is 5.33. The number of carbonyl (C=O) groups is 1. The van der Waals surface area contributed by atoms with E-state index in [4.69, 9.17) is 9.15 Å². The van der Waals surface area contributed by atoms with Crippen molar-refractivity contribution in [1.29, 1.82) is 0 Å². The molecule has 1 aromatic heterocycles. The molecule has 2 aliphatic rings. The molecule has 34 heavy (non-hydrogen) atoms. The van der Waals surface area contributed by atoms with E-state index in [0.717, 1.165) is 36.5 Å². The molecule has 0 unspecified atom stereocenters. The highest BCUT2D eigenvalue weighted by Gasteiger charge is 2.35. The van der Waals surface area contributed by atoms with Crippen molar-refractivity contribution in [2.24, 2.45) is 5.92 Å². The highest BCUT2D eigenvalue weighted by molar-refractivity contribution is 6.05. The summed E-state index contributed by atoms with van der Waals surface area (Å²) in [6, 6.07) is 14.7. The summed E-state index contributed by atoms with van der Waals surface area (Å²) in [5.74, 6) is 1.20. The van der Waals surface area contributed by atoms with Crippen LogP contribution in [0.3, 0.4) is 0 Å². The number of allylic oxidation sites excluding steroid dienone is 2. The number of likely N-dealkylation sites (tertiary alicyclic amines) is 1. The van der Waals surface area contributed by atoms with Gasteiger partial charge in [0.05, 0.1) is 18.4 Å². The molecule has 1 aliphatic heterocycles. The van der Waals surface area contributed by atoms with E-state index in [0.29, 0.717) is 29.9 Å². The van der Waals surface area contributed by atoms with Gasteiger partial charge in [-0.2, -0.15) is 0 Å². The molecular formula is C28H32N2O4. The Morgan fingerprint density at radius 1 is 1.18 bits per heavy atom. The van der Waals surface area contributed by atoms with Crippen molar-refractivity contribution in [3.63, 3.8) is 0 Å². The quantitative estimate of drug-likeness (QED) is 0.486. The number of anilines is 1. The highest BCUT2D eigenvalue weighted by atomic mass is 16.5. The van der Waals surface area contributed by atoms with Crippen molar-refractivity contribution in [2.75, 3.05) is 32.1 Å². The van der Waals surface area contributed by atoms with Crippen LogP contribution in [0, 0.1) is 5.92 Å². The number of carbonyl (C=O) groups excluding carboxylic acids is 1. The van der Waals surface area contributed by atoms with E-state index in [1.807, 2.05) is 30.3 Å². The fourth-order valence-electron chi connectivity index (χ4n) is 5.16. The number of nitrogens with one attached hydrogen (secondary N) is 1. The minimum Gasteiger partial charge on any atom is -0.495 e. The van der Waals surface area contributed by atoms with Gasteiger partial charge in [0.2, 0.25) is 0 Å². The maximum Gasteiger partial charge on any atom is 0.291 e. The van der Waals surface area contributed by atoms with Crippen molar-refractivity contribution < 1.29 is 19.1 Å². The zero-order valence-electron chi connectivity index (χ0n) is 19.6. The van der Waals surface area contributed by atoms with E-state index in [1.165, 1.54) is 19.3 Å². The van der Waals surface area contributed by atoms with Crippen LogP contribution in [0.1, 0.15) is 48.2 Å². The molecule has 5 rings (SSSR count). The van der Waals surface area contributed by atoms with Crippen LogP contribution in [0.5, 0.6) is 5.75 Å². The Kier molecular flexibility index (Phi) is 6.44. The molecule has 3 aromatic rings. The van der Waals surface area contributed by atoms with Gasteiger partial charge in [-0.25, -0.2) is 0 Å². The maximum atomic E-state index is 12.8. The van der Waals surface area contributed by atoms with Gasteiger partial charge >= 0.3 is 0 Å². The molecule has 2 N–H and O–H groups in total. The van der Waals surface area contributed by atoms with Crippen LogP contribution in [0.2, 0.25) is 0 Å². The van der Waals surface area contributed by atoms with Crippen molar-refractivity contribution in [1.82, 2.24) is 4.90 Å². The van der Waals surface area contributed by atoms with Crippen molar-refractivity contribution >= 4 is 22.6 Å². The SMILES string of the molecule is COc1ccccc1NC(=O)c1cc2cc(C3(O)CCN(C[C@H]4CC=CCC4)CC3)ccc2o1. The van der Waals surface area contributed by atoms with E-state index < -0.39 is 5.60 Å². The number of amides is 1. The van der Waals surface area contributed by atoms with Crippen molar-refractivity contribution in [3.05, 3.63) is 72.0 Å². The topological polar surface area (TPSA) is 74.9 Å². The molecule has 1 fully saturated rings. The third-order valence-corrected chi connectivity index (χ3v) is 7.21. The Morgan fingerprint density at radius 2 is 2.00 bits per heavy atom. The van der Waals surface area contributed by atoms with Crippen molar-refractivity contribution in [3.8, 4) is 5.75 Å². The number of ether oxygens (including phenoxy) is 1. The third-order valence-electron chi connectivity index (χ3n) is 7.21. The number of rotatable bonds is 6. The first-order valence-electron chi connectivity index (χ1n) is 12.1. The van der Waals surface area contributed by atoms with Gasteiger partial charge in [0, 0.05) is 25.0 Å². The Morgan fingerprint density at radius 3 is 2.76 bits per heavy atom. The number of piperidine rings is 1. The Bertz CT molecular complexity index is 1190. The lowest BCUT2D eigenvalue weighted by Gasteiger charge is -2.40. The first kappa shape index (κ1) is 22.7. The second-order valence-corrected chi connectivity index (χ2v) is 9.50. The standard InChI is InChI=1S/C28H32N2O4/c1-33-25-10-6-5-9-23(25)29-27(31)26-18-21-17-22(11-12-24(21)34-26)28(32)13-15-30(16-14-28)19-20-7-3-2-4-8-20/h2-3,5-6,9-12,17-18,20,32H,4,7-8,13-16,19H2,1H3,(H,29,31)/t20-/m0/s1. The van der Waals surface area contributed by atoms with E-state index in [9.17, 15) is 9.90 Å². The van der Waals surface area contributed by atoms with Crippen LogP contribution >= 0.6 is 0 Å². The van der Waals surface area contributed by atoms with Crippen LogP contribution in [0.25, 0.3) is 11.0 Å². The largest absolute Gasteiger partial charge is 0.495 e. The van der Waals surface area contributed by atoms with Crippen LogP contribution in [0.4, 0.5) is 5.69 Å². The lowest BCUT2D eigenvalue weighted by Crippen LogP contribution is -2.44. The third kappa shape index (κ3) is 4.74. The Labute approximate surface area is 200 Å². The van der Waals surface area contributed by atoms with Crippen LogP contribution in [0.15, 0.2) is 65.1 Å². The molecule has 1 amide bonds. The van der Waals surface area contributed by atoms with Crippen LogP contribution < -0.4 is 10.1 Å². The molecule has 0 spiro atoms. The van der Waals surface area contributed by atoms with Gasteiger partial charge in [-0.05, 0) is 73.9 Å². The van der Waals surface area contributed by atoms with Gasteiger partial charge in [0.25, 0.3) is 5.91 Å². The summed E-state index contributed by atoms with van der Waals surface area (Å²) in [6.07, 6.45) is 9.63. The smallest absolute Gasteiger partial charge is 0.291 e. The molecule has 0 saturated carbocycles. The average molecular weight is 461 g/mol. The molecule has 2 aromatic carbocycles. The number of benzene rings is 2. The van der Waals surface area contributed by atoms with Gasteiger partial charge in [0.1, 0.15) is 11.3 Å². The van der Waals surface area contributed by atoms with Crippen molar-refractivity contribution in [2.45, 2.75) is 37.7 Å². The van der Waals surface area contributed by atoms with E-state index in [-0.39, 0.29) is 11.7 Å². The van der Waals surface area contributed by atoms with Gasteiger partial charge in [0.15, 0.2) is 5.76 Å². The fraction of sp³-hybridized carbons (Fsp3) is 0.393. The minimum absolute atomic E-state index is 0.224. The van der Waals surface area contributed by atoms with Gasteiger partial charge in [-0.1, -0.05) is 30.4 Å². The summed E-state index contributed by atoms with van der Waals surface area (Å²) in [7, 11) is 1.57. The van der Waals surface area contributed by atoms with E-state index >= 15 is 0 Å². The number of methoxy groups -OCH3 is 1. The molecule has 1 atom stereocenters. The first-order chi connectivity index (χ1) is 16.5. The number of nitrogens with zero attached hydrogens (tertiary/aromatic N) is 1. The van der Waals surface area contributed by atoms with E-state index in [2.05, 4.69) is 22.4 Å². The Balaban J connectivity index is 1.27. The van der Waals surface area contributed by atoms with Crippen LogP contribution in [-0.2, 0) is 5.60 Å². The summed E-state index contributed by atoms with van der Waals surface area (Å²) in [5.41, 5.74) is 1.24. The molecule has 6 heteroatoms. The first-order valence-corrected chi connectivity index (χ1v) is 12.1. The van der Waals surface area contributed by atoms with Gasteiger partial charge in [-0.3, -0.25) is 4.79 Å². The molecule has 1 aliphatic carbocycles. The second-order valence-electron chi connectivity index (χ2n) is 9.50. The number of fused-ring (bicyclic) bond motifs is 1. The number of para-hydroxylation sites is 2. The lowest BCUT2D eigenvalue weighted by atomic mass is 9.83. The zero-order chi connectivity index (χ0) is 23.5. The summed E-state index contributed by atoms with van der Waals surface area (Å²) < 4.78 is 11.1. The molecule has 6 nitrogen and oxygen atoms in total. The summed E-state index contributed by atoms with van der Waals surface area (Å²) >= 11 is 0. The summed E-state index contributed by atoms with van der Waals surface area (Å²) in [5, 5.41) is 15.1. The zero-order valence-corrected chi connectivity index (χ0v) is 19.6.